The monoisotopic (exact) mass is 223 g/mol. The molecule has 0 radical (unpaired) electrons. The topological polar surface area (TPSA) is 54.7 Å². The average Bonchev–Trinajstić information content (AvgIpc) is 2.58. The van der Waals surface area contributed by atoms with Crippen LogP contribution in [0.5, 0.6) is 0 Å². The molecule has 3 nitrogen and oxygen atoms in total. The van der Waals surface area contributed by atoms with E-state index in [0.717, 1.165) is 16.9 Å². The maximum Gasteiger partial charge on any atom is 0.124 e. The lowest BCUT2D eigenvalue weighted by Crippen LogP contribution is -2.17. The van der Waals surface area contributed by atoms with E-state index in [-0.39, 0.29) is 6.04 Å². The summed E-state index contributed by atoms with van der Waals surface area (Å²) in [6.45, 7) is 4.15. The zero-order valence-corrected chi connectivity index (χ0v) is 9.55. The number of halogens is 1. The van der Waals surface area contributed by atoms with Crippen molar-refractivity contribution < 1.29 is 0 Å². The predicted molar refractivity (Wildman–Crippen MR) is 62.9 cm³/mol. The minimum atomic E-state index is -0.0591. The molecule has 0 amide bonds. The normalized spacial score (nSPS) is 13.7. The predicted octanol–water partition coefficient (Wildman–Crippen LogP) is 2.87. The van der Waals surface area contributed by atoms with Crippen molar-refractivity contribution in [2.45, 2.75) is 19.9 Å². The van der Waals surface area contributed by atoms with Gasteiger partial charge in [0.1, 0.15) is 5.82 Å². The van der Waals surface area contributed by atoms with E-state index >= 15 is 0 Å². The van der Waals surface area contributed by atoms with Crippen molar-refractivity contribution in [3.05, 3.63) is 29.0 Å². The SMILES string of the molecule is CC(C)[C@H](N)c1nc2ccc(Cl)cc2[nH]1. The van der Waals surface area contributed by atoms with Gasteiger partial charge in [0.15, 0.2) is 0 Å². The summed E-state index contributed by atoms with van der Waals surface area (Å²) < 4.78 is 0. The Kier molecular flexibility index (Phi) is 2.67. The van der Waals surface area contributed by atoms with Gasteiger partial charge in [-0.3, -0.25) is 0 Å². The molecule has 3 N–H and O–H groups in total. The molecule has 0 spiro atoms. The number of nitrogens with zero attached hydrogens (tertiary/aromatic N) is 1. The van der Waals surface area contributed by atoms with E-state index in [1.54, 1.807) is 0 Å². The minimum Gasteiger partial charge on any atom is -0.341 e. The Morgan fingerprint density at radius 2 is 2.13 bits per heavy atom. The summed E-state index contributed by atoms with van der Waals surface area (Å²) >= 11 is 5.89. The molecule has 2 rings (SSSR count). The van der Waals surface area contributed by atoms with E-state index in [9.17, 15) is 0 Å². The summed E-state index contributed by atoms with van der Waals surface area (Å²) in [7, 11) is 0. The zero-order valence-electron chi connectivity index (χ0n) is 8.79. The summed E-state index contributed by atoms with van der Waals surface area (Å²) in [6, 6.07) is 5.52. The fraction of sp³-hybridized carbons (Fsp3) is 0.364. The van der Waals surface area contributed by atoms with Crippen LogP contribution in [0, 0.1) is 5.92 Å². The first-order chi connectivity index (χ1) is 7.08. The smallest absolute Gasteiger partial charge is 0.124 e. The Hall–Kier alpha value is -1.06. The van der Waals surface area contributed by atoms with E-state index in [4.69, 9.17) is 17.3 Å². The van der Waals surface area contributed by atoms with Crippen LogP contribution in [-0.4, -0.2) is 9.97 Å². The molecule has 0 saturated carbocycles. The molecule has 1 aromatic heterocycles. The van der Waals surface area contributed by atoms with E-state index in [1.165, 1.54) is 0 Å². The summed E-state index contributed by atoms with van der Waals surface area (Å²) in [6.07, 6.45) is 0. The van der Waals surface area contributed by atoms with Crippen LogP contribution in [0.2, 0.25) is 5.02 Å². The lowest BCUT2D eigenvalue weighted by atomic mass is 10.1. The van der Waals surface area contributed by atoms with Crippen molar-refractivity contribution in [3.63, 3.8) is 0 Å². The summed E-state index contributed by atoms with van der Waals surface area (Å²) in [5.74, 6) is 1.18. The van der Waals surface area contributed by atoms with Crippen molar-refractivity contribution in [1.82, 2.24) is 9.97 Å². The van der Waals surface area contributed by atoms with Gasteiger partial charge < -0.3 is 10.7 Å². The van der Waals surface area contributed by atoms with E-state index in [2.05, 4.69) is 23.8 Å². The number of imidazole rings is 1. The largest absolute Gasteiger partial charge is 0.341 e. The fourth-order valence-corrected chi connectivity index (χ4v) is 1.65. The third-order valence-electron chi connectivity index (χ3n) is 2.50. The van der Waals surface area contributed by atoms with Gasteiger partial charge in [0.05, 0.1) is 17.1 Å². The van der Waals surface area contributed by atoms with Gasteiger partial charge in [-0.1, -0.05) is 25.4 Å². The second kappa shape index (κ2) is 3.83. The highest BCUT2D eigenvalue weighted by molar-refractivity contribution is 6.31. The molecule has 0 aliphatic carbocycles. The molecule has 0 bridgehead atoms. The minimum absolute atomic E-state index is 0.0591. The number of rotatable bonds is 2. The molecule has 1 aromatic carbocycles. The fourth-order valence-electron chi connectivity index (χ4n) is 1.48. The van der Waals surface area contributed by atoms with Crippen molar-refractivity contribution in [3.8, 4) is 0 Å². The molecule has 2 aromatic rings. The van der Waals surface area contributed by atoms with Crippen LogP contribution >= 0.6 is 11.6 Å². The molecule has 1 atom stereocenters. The van der Waals surface area contributed by atoms with Gasteiger partial charge in [-0.05, 0) is 24.1 Å². The van der Waals surface area contributed by atoms with Crippen LogP contribution in [0.4, 0.5) is 0 Å². The Morgan fingerprint density at radius 1 is 1.40 bits per heavy atom. The van der Waals surface area contributed by atoms with Gasteiger partial charge in [-0.25, -0.2) is 4.98 Å². The van der Waals surface area contributed by atoms with Crippen LogP contribution in [0.15, 0.2) is 18.2 Å². The first-order valence-corrected chi connectivity index (χ1v) is 5.36. The number of aromatic nitrogens is 2. The number of fused-ring (bicyclic) bond motifs is 1. The molecule has 15 heavy (non-hydrogen) atoms. The van der Waals surface area contributed by atoms with Crippen molar-refractivity contribution in [1.29, 1.82) is 0 Å². The first kappa shape index (κ1) is 10.5. The summed E-state index contributed by atoms with van der Waals surface area (Å²) in [5, 5.41) is 0.704. The average molecular weight is 224 g/mol. The molecular formula is C11H14ClN3. The number of nitrogens with two attached hydrogens (primary N) is 1. The Morgan fingerprint density at radius 3 is 2.80 bits per heavy atom. The number of hydrogen-bond donors (Lipinski definition) is 2. The first-order valence-electron chi connectivity index (χ1n) is 4.98. The lowest BCUT2D eigenvalue weighted by molar-refractivity contribution is 0.495. The Balaban J connectivity index is 2.47. The summed E-state index contributed by atoms with van der Waals surface area (Å²) in [4.78, 5) is 7.63. The van der Waals surface area contributed by atoms with Gasteiger partial charge in [-0.2, -0.15) is 0 Å². The highest BCUT2D eigenvalue weighted by Gasteiger charge is 2.14. The molecule has 80 valence electrons. The lowest BCUT2D eigenvalue weighted by Gasteiger charge is -2.11. The van der Waals surface area contributed by atoms with Gasteiger partial charge >= 0.3 is 0 Å². The molecule has 0 unspecified atom stereocenters. The van der Waals surface area contributed by atoms with Gasteiger partial charge in [0.2, 0.25) is 0 Å². The van der Waals surface area contributed by atoms with Gasteiger partial charge in [0.25, 0.3) is 0 Å². The van der Waals surface area contributed by atoms with Crippen molar-refractivity contribution in [2.75, 3.05) is 0 Å². The van der Waals surface area contributed by atoms with Gasteiger partial charge in [0, 0.05) is 5.02 Å². The molecule has 4 heteroatoms. The molecular weight excluding hydrogens is 210 g/mol. The van der Waals surface area contributed by atoms with Crippen molar-refractivity contribution in [2.24, 2.45) is 11.7 Å². The van der Waals surface area contributed by atoms with E-state index in [1.807, 2.05) is 18.2 Å². The molecule has 0 aliphatic heterocycles. The van der Waals surface area contributed by atoms with Crippen LogP contribution in [-0.2, 0) is 0 Å². The van der Waals surface area contributed by atoms with Gasteiger partial charge in [-0.15, -0.1) is 0 Å². The molecule has 0 aliphatic rings. The third-order valence-corrected chi connectivity index (χ3v) is 2.73. The molecule has 0 fully saturated rings. The molecule has 1 heterocycles. The quantitative estimate of drug-likeness (QED) is 0.823. The highest BCUT2D eigenvalue weighted by atomic mass is 35.5. The summed E-state index contributed by atoms with van der Waals surface area (Å²) in [5.41, 5.74) is 7.86. The van der Waals surface area contributed by atoms with Crippen LogP contribution < -0.4 is 5.73 Å². The van der Waals surface area contributed by atoms with E-state index < -0.39 is 0 Å². The third kappa shape index (κ3) is 1.98. The maximum absolute atomic E-state index is 6.01. The number of nitrogens with one attached hydrogen (secondary N) is 1. The molecule has 0 saturated heterocycles. The number of aromatic amines is 1. The Bertz CT molecular complexity index is 476. The second-order valence-corrected chi connectivity index (χ2v) is 4.49. The Labute approximate surface area is 93.6 Å². The van der Waals surface area contributed by atoms with Crippen LogP contribution in [0.1, 0.15) is 25.7 Å². The second-order valence-electron chi connectivity index (χ2n) is 4.05. The standard InChI is InChI=1S/C11H14ClN3/c1-6(2)10(13)11-14-8-4-3-7(12)5-9(8)15-11/h3-6,10H,13H2,1-2H3,(H,14,15)/t10-/m0/s1. The van der Waals surface area contributed by atoms with Crippen LogP contribution in [0.25, 0.3) is 11.0 Å². The van der Waals surface area contributed by atoms with E-state index in [0.29, 0.717) is 10.9 Å². The maximum atomic E-state index is 6.01. The number of hydrogen-bond acceptors (Lipinski definition) is 2. The zero-order chi connectivity index (χ0) is 11.0. The van der Waals surface area contributed by atoms with Crippen LogP contribution in [0.3, 0.4) is 0 Å². The van der Waals surface area contributed by atoms with Crippen molar-refractivity contribution >= 4 is 22.6 Å². The number of benzene rings is 1. The number of H-pyrrole nitrogens is 1. The highest BCUT2D eigenvalue weighted by Crippen LogP contribution is 2.21.